The van der Waals surface area contributed by atoms with Crippen LogP contribution in [-0.2, 0) is 0 Å². The summed E-state index contributed by atoms with van der Waals surface area (Å²) in [5, 5.41) is 0. The molecule has 78 valence electrons. The molecule has 4 N–H and O–H groups in total. The second-order valence-electron chi connectivity index (χ2n) is 2.93. The lowest BCUT2D eigenvalue weighted by Gasteiger charge is -1.89. The zero-order valence-corrected chi connectivity index (χ0v) is 8.23. The first kappa shape index (κ1) is 11.0. The van der Waals surface area contributed by atoms with Crippen LogP contribution in [0.4, 0.5) is 15.8 Å². The smallest absolute Gasteiger partial charge is 0.146 e. The van der Waals surface area contributed by atoms with Gasteiger partial charge in [0, 0.05) is 5.69 Å². The zero-order chi connectivity index (χ0) is 11.1. The van der Waals surface area contributed by atoms with Crippen LogP contribution in [0.3, 0.4) is 0 Å². The fourth-order valence-corrected chi connectivity index (χ4v) is 0.928. The molecule has 0 spiro atoms. The van der Waals surface area contributed by atoms with Crippen LogP contribution in [0, 0.1) is 5.82 Å². The number of anilines is 2. The highest BCUT2D eigenvalue weighted by molar-refractivity contribution is 5.38. The fourth-order valence-electron chi connectivity index (χ4n) is 0.928. The van der Waals surface area contributed by atoms with Crippen molar-refractivity contribution < 1.29 is 4.39 Å². The number of rotatable bonds is 0. The Morgan fingerprint density at radius 3 is 1.60 bits per heavy atom. The molecule has 0 fully saturated rings. The topological polar surface area (TPSA) is 52.0 Å². The number of hydrogen-bond acceptors (Lipinski definition) is 2. The van der Waals surface area contributed by atoms with E-state index in [1.54, 1.807) is 12.1 Å². The maximum atomic E-state index is 12.2. The van der Waals surface area contributed by atoms with Gasteiger partial charge in [0.05, 0.1) is 5.69 Å². The highest BCUT2D eigenvalue weighted by Crippen LogP contribution is 2.05. The molecule has 0 aliphatic heterocycles. The summed E-state index contributed by atoms with van der Waals surface area (Å²) in [6.45, 7) is 0. The second kappa shape index (κ2) is 5.65. The average molecular weight is 204 g/mol. The Balaban J connectivity index is 0.000000151. The van der Waals surface area contributed by atoms with Gasteiger partial charge in [-0.15, -0.1) is 0 Å². The number of nitrogens with two attached hydrogens (primary N) is 2. The molecule has 0 unspecified atom stereocenters. The first-order chi connectivity index (χ1) is 7.20. The molecule has 15 heavy (non-hydrogen) atoms. The molecule has 2 aromatic carbocycles. The molecule has 0 aromatic heterocycles. The second-order valence-corrected chi connectivity index (χ2v) is 2.93. The van der Waals surface area contributed by atoms with Crippen LogP contribution in [0.2, 0.25) is 0 Å². The molecule has 0 aliphatic carbocycles. The van der Waals surface area contributed by atoms with Gasteiger partial charge in [0.25, 0.3) is 0 Å². The summed E-state index contributed by atoms with van der Waals surface area (Å²) in [6.07, 6.45) is 0. The standard InChI is InChI=1S/C6H6FN.C6H7N/c7-5-3-1-2-4-6(5)8;7-6-4-2-1-3-5-6/h1-4H,8H2;1-5H,7H2. The Kier molecular flexibility index (Phi) is 4.16. The van der Waals surface area contributed by atoms with E-state index in [1.807, 2.05) is 30.3 Å². The Morgan fingerprint density at radius 2 is 1.27 bits per heavy atom. The molecular weight excluding hydrogens is 191 g/mol. The number of hydrogen-bond donors (Lipinski definition) is 2. The SMILES string of the molecule is Nc1ccccc1.Nc1ccccc1F. The summed E-state index contributed by atoms with van der Waals surface area (Å²) in [4.78, 5) is 0. The molecule has 0 saturated carbocycles. The van der Waals surface area contributed by atoms with Gasteiger partial charge in [0.15, 0.2) is 0 Å². The number of benzene rings is 2. The van der Waals surface area contributed by atoms with Crippen molar-refractivity contribution in [2.24, 2.45) is 0 Å². The van der Waals surface area contributed by atoms with Gasteiger partial charge in [0.1, 0.15) is 5.82 Å². The van der Waals surface area contributed by atoms with Crippen LogP contribution in [0.1, 0.15) is 0 Å². The summed E-state index contributed by atoms with van der Waals surface area (Å²) in [5.41, 5.74) is 11.5. The first-order valence-electron chi connectivity index (χ1n) is 4.50. The Hall–Kier alpha value is -2.03. The lowest BCUT2D eigenvalue weighted by molar-refractivity contribution is 0.632. The normalized spacial score (nSPS) is 8.87. The molecule has 0 radical (unpaired) electrons. The first-order valence-corrected chi connectivity index (χ1v) is 4.50. The van der Waals surface area contributed by atoms with Crippen LogP contribution in [-0.4, -0.2) is 0 Å². The van der Waals surface area contributed by atoms with Crippen LogP contribution < -0.4 is 11.5 Å². The van der Waals surface area contributed by atoms with Gasteiger partial charge in [-0.25, -0.2) is 4.39 Å². The van der Waals surface area contributed by atoms with Crippen molar-refractivity contribution in [1.82, 2.24) is 0 Å². The number of para-hydroxylation sites is 2. The summed E-state index contributed by atoms with van der Waals surface area (Å²) in [7, 11) is 0. The minimum absolute atomic E-state index is 0.201. The largest absolute Gasteiger partial charge is 0.399 e. The van der Waals surface area contributed by atoms with E-state index in [-0.39, 0.29) is 11.5 Å². The molecule has 0 heterocycles. The maximum absolute atomic E-state index is 12.2. The molecule has 0 aliphatic rings. The predicted molar refractivity (Wildman–Crippen MR) is 61.7 cm³/mol. The van der Waals surface area contributed by atoms with Crippen molar-refractivity contribution in [2.45, 2.75) is 0 Å². The van der Waals surface area contributed by atoms with E-state index in [9.17, 15) is 4.39 Å². The summed E-state index contributed by atoms with van der Waals surface area (Å²) in [5.74, 6) is -0.354. The molecule has 2 rings (SSSR count). The predicted octanol–water partition coefficient (Wildman–Crippen LogP) is 2.68. The van der Waals surface area contributed by atoms with Crippen LogP contribution >= 0.6 is 0 Å². The summed E-state index contributed by atoms with van der Waals surface area (Å²) < 4.78 is 12.2. The fraction of sp³-hybridized carbons (Fsp3) is 0. The number of nitrogen functional groups attached to an aromatic ring is 2. The van der Waals surface area contributed by atoms with E-state index in [2.05, 4.69) is 0 Å². The molecular formula is C12H13FN2. The van der Waals surface area contributed by atoms with Crippen molar-refractivity contribution in [1.29, 1.82) is 0 Å². The maximum Gasteiger partial charge on any atom is 0.146 e. The lowest BCUT2D eigenvalue weighted by Crippen LogP contribution is -1.86. The zero-order valence-electron chi connectivity index (χ0n) is 8.23. The summed E-state index contributed by atoms with van der Waals surface area (Å²) in [6, 6.07) is 15.6. The third-order valence-corrected chi connectivity index (χ3v) is 1.70. The van der Waals surface area contributed by atoms with Gasteiger partial charge in [-0.2, -0.15) is 0 Å². The van der Waals surface area contributed by atoms with E-state index in [1.165, 1.54) is 12.1 Å². The van der Waals surface area contributed by atoms with Gasteiger partial charge in [0.2, 0.25) is 0 Å². The Bertz CT molecular complexity index is 380. The minimum Gasteiger partial charge on any atom is -0.399 e. The monoisotopic (exact) mass is 204 g/mol. The quantitative estimate of drug-likeness (QED) is 0.648. The van der Waals surface area contributed by atoms with E-state index in [4.69, 9.17) is 11.5 Å². The van der Waals surface area contributed by atoms with Crippen LogP contribution in [0.15, 0.2) is 54.6 Å². The van der Waals surface area contributed by atoms with Crippen LogP contribution in [0.5, 0.6) is 0 Å². The molecule has 0 amide bonds. The summed E-state index contributed by atoms with van der Waals surface area (Å²) >= 11 is 0. The highest BCUT2D eigenvalue weighted by Gasteiger charge is 1.89. The Labute approximate surface area is 88.3 Å². The van der Waals surface area contributed by atoms with Gasteiger partial charge in [-0.3, -0.25) is 0 Å². The van der Waals surface area contributed by atoms with Gasteiger partial charge in [-0.05, 0) is 24.3 Å². The van der Waals surface area contributed by atoms with E-state index >= 15 is 0 Å². The van der Waals surface area contributed by atoms with E-state index < -0.39 is 0 Å². The molecule has 3 heteroatoms. The molecule has 0 atom stereocenters. The van der Waals surface area contributed by atoms with Gasteiger partial charge < -0.3 is 11.5 Å². The van der Waals surface area contributed by atoms with Crippen molar-refractivity contribution in [2.75, 3.05) is 11.5 Å². The van der Waals surface area contributed by atoms with Crippen LogP contribution in [0.25, 0.3) is 0 Å². The lowest BCUT2D eigenvalue weighted by atomic mass is 10.3. The molecule has 0 saturated heterocycles. The molecule has 2 nitrogen and oxygen atoms in total. The van der Waals surface area contributed by atoms with Crippen molar-refractivity contribution in [3.8, 4) is 0 Å². The average Bonchev–Trinajstić information content (AvgIpc) is 2.25. The van der Waals surface area contributed by atoms with E-state index in [0.29, 0.717) is 0 Å². The molecule has 0 bridgehead atoms. The van der Waals surface area contributed by atoms with Gasteiger partial charge >= 0.3 is 0 Å². The van der Waals surface area contributed by atoms with E-state index in [0.717, 1.165) is 5.69 Å². The van der Waals surface area contributed by atoms with Gasteiger partial charge in [-0.1, -0.05) is 30.3 Å². The third-order valence-electron chi connectivity index (χ3n) is 1.70. The van der Waals surface area contributed by atoms with Crippen molar-refractivity contribution in [3.63, 3.8) is 0 Å². The Morgan fingerprint density at radius 1 is 0.733 bits per heavy atom. The third kappa shape index (κ3) is 4.13. The molecule has 2 aromatic rings. The van der Waals surface area contributed by atoms with Crippen molar-refractivity contribution >= 4 is 11.4 Å². The minimum atomic E-state index is -0.354. The van der Waals surface area contributed by atoms with Crippen molar-refractivity contribution in [3.05, 3.63) is 60.4 Å². The highest BCUT2D eigenvalue weighted by atomic mass is 19.1. The number of halogens is 1.